The zero-order chi connectivity index (χ0) is 11.4. The van der Waals surface area contributed by atoms with Crippen molar-refractivity contribution in [2.75, 3.05) is 26.3 Å². The first-order valence-electron chi connectivity index (χ1n) is 5.20. The maximum atomic E-state index is 12.0. The first kappa shape index (κ1) is 11.4. The lowest BCUT2D eigenvalue weighted by molar-refractivity contribution is 0.0299. The number of amides is 1. The predicted molar refractivity (Wildman–Crippen MR) is 60.5 cm³/mol. The van der Waals surface area contributed by atoms with Crippen LogP contribution in [0.2, 0.25) is 0 Å². The summed E-state index contributed by atoms with van der Waals surface area (Å²) in [7, 11) is 0. The molecule has 1 aliphatic rings. The first-order chi connectivity index (χ1) is 7.81. The van der Waals surface area contributed by atoms with Crippen LogP contribution >= 0.6 is 11.6 Å². The Balaban J connectivity index is 2.12. The van der Waals surface area contributed by atoms with Gasteiger partial charge in [0.1, 0.15) is 5.69 Å². The molecule has 0 saturated carbocycles. The standard InChI is InChI=1S/C11H13ClN2O2/c12-8-9-2-1-3-10(13-9)11(15)14-4-6-16-7-5-14/h1-3H,4-8H2. The minimum absolute atomic E-state index is 0.0460. The zero-order valence-electron chi connectivity index (χ0n) is 8.86. The molecular formula is C11H13ClN2O2. The van der Waals surface area contributed by atoms with E-state index >= 15 is 0 Å². The van der Waals surface area contributed by atoms with Gasteiger partial charge in [-0.3, -0.25) is 4.79 Å². The molecule has 1 aliphatic heterocycles. The number of nitrogens with zero attached hydrogens (tertiary/aromatic N) is 2. The lowest BCUT2D eigenvalue weighted by Gasteiger charge is -2.26. The highest BCUT2D eigenvalue weighted by molar-refractivity contribution is 6.16. The molecule has 1 amide bonds. The second-order valence-electron chi connectivity index (χ2n) is 3.55. The van der Waals surface area contributed by atoms with Crippen LogP contribution in [-0.4, -0.2) is 42.1 Å². The second-order valence-corrected chi connectivity index (χ2v) is 3.82. The van der Waals surface area contributed by atoms with Crippen molar-refractivity contribution in [1.82, 2.24) is 9.88 Å². The highest BCUT2D eigenvalue weighted by Gasteiger charge is 2.19. The fourth-order valence-electron chi connectivity index (χ4n) is 1.60. The molecule has 16 heavy (non-hydrogen) atoms. The summed E-state index contributed by atoms with van der Waals surface area (Å²) < 4.78 is 5.20. The Morgan fingerprint density at radius 1 is 1.44 bits per heavy atom. The number of rotatable bonds is 2. The van der Waals surface area contributed by atoms with Gasteiger partial charge in [-0.15, -0.1) is 11.6 Å². The van der Waals surface area contributed by atoms with Crippen LogP contribution < -0.4 is 0 Å². The summed E-state index contributed by atoms with van der Waals surface area (Å²) >= 11 is 5.68. The maximum absolute atomic E-state index is 12.0. The van der Waals surface area contributed by atoms with Crippen molar-refractivity contribution >= 4 is 17.5 Å². The average molecular weight is 241 g/mol. The third kappa shape index (κ3) is 2.51. The largest absolute Gasteiger partial charge is 0.378 e. The number of carbonyl (C=O) groups is 1. The molecule has 1 aromatic rings. The molecule has 0 aliphatic carbocycles. The van der Waals surface area contributed by atoms with Gasteiger partial charge < -0.3 is 9.64 Å². The minimum Gasteiger partial charge on any atom is -0.378 e. The molecule has 0 bridgehead atoms. The summed E-state index contributed by atoms with van der Waals surface area (Å²) in [5.74, 6) is 0.278. The molecule has 1 aromatic heterocycles. The Bertz CT molecular complexity index is 378. The lowest BCUT2D eigenvalue weighted by atomic mass is 10.2. The van der Waals surface area contributed by atoms with E-state index in [0.29, 0.717) is 37.9 Å². The summed E-state index contributed by atoms with van der Waals surface area (Å²) in [4.78, 5) is 18.0. The maximum Gasteiger partial charge on any atom is 0.272 e. The van der Waals surface area contributed by atoms with Gasteiger partial charge in [0.2, 0.25) is 0 Å². The van der Waals surface area contributed by atoms with Gasteiger partial charge in [0.25, 0.3) is 5.91 Å². The van der Waals surface area contributed by atoms with Gasteiger partial charge in [0.15, 0.2) is 0 Å². The normalized spacial score (nSPS) is 16.2. The number of ether oxygens (including phenoxy) is 1. The van der Waals surface area contributed by atoms with Gasteiger partial charge in [-0.1, -0.05) is 6.07 Å². The second kappa shape index (κ2) is 5.27. The van der Waals surface area contributed by atoms with Crippen molar-refractivity contribution in [1.29, 1.82) is 0 Å². The van der Waals surface area contributed by atoms with E-state index in [1.54, 1.807) is 17.0 Å². The molecule has 4 nitrogen and oxygen atoms in total. The minimum atomic E-state index is -0.0460. The Kier molecular flexibility index (Phi) is 3.74. The van der Waals surface area contributed by atoms with E-state index in [1.807, 2.05) is 6.07 Å². The molecule has 1 fully saturated rings. The molecule has 0 radical (unpaired) electrons. The van der Waals surface area contributed by atoms with Crippen molar-refractivity contribution in [3.8, 4) is 0 Å². The van der Waals surface area contributed by atoms with Crippen LogP contribution in [0.1, 0.15) is 16.2 Å². The fraction of sp³-hybridized carbons (Fsp3) is 0.455. The molecule has 2 rings (SSSR count). The van der Waals surface area contributed by atoms with Crippen LogP contribution in [0, 0.1) is 0 Å². The molecule has 5 heteroatoms. The summed E-state index contributed by atoms with van der Waals surface area (Å²) in [5, 5.41) is 0. The number of hydrogen-bond acceptors (Lipinski definition) is 3. The molecule has 0 atom stereocenters. The number of alkyl halides is 1. The molecule has 0 unspecified atom stereocenters. The SMILES string of the molecule is O=C(c1cccc(CCl)n1)N1CCOCC1. The molecule has 0 spiro atoms. The van der Waals surface area contributed by atoms with Crippen molar-refractivity contribution in [3.63, 3.8) is 0 Å². The van der Waals surface area contributed by atoms with E-state index < -0.39 is 0 Å². The third-order valence-electron chi connectivity index (χ3n) is 2.46. The smallest absolute Gasteiger partial charge is 0.272 e. The van der Waals surface area contributed by atoms with Crippen LogP contribution in [0.3, 0.4) is 0 Å². The number of halogens is 1. The van der Waals surface area contributed by atoms with Crippen molar-refractivity contribution in [2.45, 2.75) is 5.88 Å². The van der Waals surface area contributed by atoms with E-state index in [4.69, 9.17) is 16.3 Å². The van der Waals surface area contributed by atoms with Gasteiger partial charge in [0.05, 0.1) is 24.8 Å². The van der Waals surface area contributed by atoms with Crippen molar-refractivity contribution in [3.05, 3.63) is 29.6 Å². The van der Waals surface area contributed by atoms with Crippen LogP contribution in [0.15, 0.2) is 18.2 Å². The van der Waals surface area contributed by atoms with Crippen LogP contribution in [0.4, 0.5) is 0 Å². The highest BCUT2D eigenvalue weighted by Crippen LogP contribution is 2.07. The summed E-state index contributed by atoms with van der Waals surface area (Å²) in [5.41, 5.74) is 1.18. The number of aromatic nitrogens is 1. The van der Waals surface area contributed by atoms with Gasteiger partial charge in [0, 0.05) is 13.1 Å². The molecule has 1 saturated heterocycles. The van der Waals surface area contributed by atoms with E-state index in [2.05, 4.69) is 4.98 Å². The first-order valence-corrected chi connectivity index (χ1v) is 5.73. The lowest BCUT2D eigenvalue weighted by Crippen LogP contribution is -2.41. The highest BCUT2D eigenvalue weighted by atomic mass is 35.5. The monoisotopic (exact) mass is 240 g/mol. The third-order valence-corrected chi connectivity index (χ3v) is 2.73. The van der Waals surface area contributed by atoms with Crippen molar-refractivity contribution in [2.24, 2.45) is 0 Å². The van der Waals surface area contributed by atoms with E-state index in [-0.39, 0.29) is 5.91 Å². The van der Waals surface area contributed by atoms with Gasteiger partial charge in [-0.2, -0.15) is 0 Å². The Morgan fingerprint density at radius 3 is 2.88 bits per heavy atom. The molecular weight excluding hydrogens is 228 g/mol. The van der Waals surface area contributed by atoms with Crippen LogP contribution in [0.5, 0.6) is 0 Å². The number of hydrogen-bond donors (Lipinski definition) is 0. The van der Waals surface area contributed by atoms with Gasteiger partial charge >= 0.3 is 0 Å². The predicted octanol–water partition coefficient (Wildman–Crippen LogP) is 1.29. The van der Waals surface area contributed by atoms with E-state index in [1.165, 1.54) is 0 Å². The number of morpholine rings is 1. The molecule has 0 aromatic carbocycles. The summed E-state index contributed by atoms with van der Waals surface area (Å²) in [6.07, 6.45) is 0. The molecule has 0 N–H and O–H groups in total. The molecule has 86 valence electrons. The summed E-state index contributed by atoms with van der Waals surface area (Å²) in [6.45, 7) is 2.46. The van der Waals surface area contributed by atoms with Crippen molar-refractivity contribution < 1.29 is 9.53 Å². The van der Waals surface area contributed by atoms with Crippen LogP contribution in [0.25, 0.3) is 0 Å². The average Bonchev–Trinajstić information content (AvgIpc) is 2.39. The van der Waals surface area contributed by atoms with Gasteiger partial charge in [-0.25, -0.2) is 4.98 Å². The Labute approximate surface area is 99.2 Å². The quantitative estimate of drug-likeness (QED) is 0.732. The summed E-state index contributed by atoms with van der Waals surface area (Å²) in [6, 6.07) is 5.33. The fourth-order valence-corrected chi connectivity index (χ4v) is 1.75. The number of carbonyl (C=O) groups excluding carboxylic acids is 1. The molecule has 2 heterocycles. The Hall–Kier alpha value is -1.13. The van der Waals surface area contributed by atoms with Gasteiger partial charge in [-0.05, 0) is 12.1 Å². The van der Waals surface area contributed by atoms with E-state index in [9.17, 15) is 4.79 Å². The van der Waals surface area contributed by atoms with E-state index in [0.717, 1.165) is 5.69 Å². The number of pyridine rings is 1. The Morgan fingerprint density at radius 2 is 2.19 bits per heavy atom. The zero-order valence-corrected chi connectivity index (χ0v) is 9.61. The topological polar surface area (TPSA) is 42.4 Å². The van der Waals surface area contributed by atoms with Crippen LogP contribution in [-0.2, 0) is 10.6 Å².